The molecule has 2 N–H and O–H groups in total. The first-order valence-electron chi connectivity index (χ1n) is 6.44. The van der Waals surface area contributed by atoms with Crippen LogP contribution in [0.5, 0.6) is 0 Å². The monoisotopic (exact) mass is 254 g/mol. The third-order valence-electron chi connectivity index (χ3n) is 3.27. The summed E-state index contributed by atoms with van der Waals surface area (Å²) in [5.41, 5.74) is 7.84. The van der Waals surface area contributed by atoms with Crippen LogP contribution in [-0.2, 0) is 0 Å². The molecule has 1 aromatic carbocycles. The van der Waals surface area contributed by atoms with E-state index in [1.807, 2.05) is 31.3 Å². The van der Waals surface area contributed by atoms with Crippen LogP contribution in [0.3, 0.4) is 0 Å². The van der Waals surface area contributed by atoms with Gasteiger partial charge in [-0.2, -0.15) is 5.26 Å². The van der Waals surface area contributed by atoms with Gasteiger partial charge in [-0.1, -0.05) is 0 Å². The number of fused-ring (bicyclic) bond motifs is 1. The van der Waals surface area contributed by atoms with Crippen LogP contribution in [0.15, 0.2) is 30.6 Å². The van der Waals surface area contributed by atoms with E-state index in [0.717, 1.165) is 28.7 Å². The molecule has 2 aromatic rings. The van der Waals surface area contributed by atoms with E-state index in [1.165, 1.54) is 0 Å². The topological polar surface area (TPSA) is 65.9 Å². The molecular weight excluding hydrogens is 236 g/mol. The fourth-order valence-corrected chi connectivity index (χ4v) is 2.24. The number of hydrogen-bond acceptors (Lipinski definition) is 4. The fourth-order valence-electron chi connectivity index (χ4n) is 2.24. The predicted octanol–water partition coefficient (Wildman–Crippen LogP) is 2.80. The number of nitriles is 1. The van der Waals surface area contributed by atoms with Crippen molar-refractivity contribution in [1.82, 2.24) is 4.98 Å². The van der Waals surface area contributed by atoms with Crippen LogP contribution in [0.4, 0.5) is 11.4 Å². The van der Waals surface area contributed by atoms with E-state index in [1.54, 1.807) is 6.20 Å². The van der Waals surface area contributed by atoms with Crippen molar-refractivity contribution in [3.63, 3.8) is 0 Å². The molecule has 0 aliphatic heterocycles. The van der Waals surface area contributed by atoms with Gasteiger partial charge >= 0.3 is 0 Å². The highest BCUT2D eigenvalue weighted by molar-refractivity contribution is 6.00. The molecule has 1 atom stereocenters. The second-order valence-electron chi connectivity index (χ2n) is 4.66. The number of aromatic nitrogens is 1. The summed E-state index contributed by atoms with van der Waals surface area (Å²) >= 11 is 0. The van der Waals surface area contributed by atoms with Crippen molar-refractivity contribution in [1.29, 1.82) is 5.26 Å². The second kappa shape index (κ2) is 5.57. The summed E-state index contributed by atoms with van der Waals surface area (Å²) in [6.07, 6.45) is 3.58. The maximum absolute atomic E-state index is 8.97. The third kappa shape index (κ3) is 2.60. The van der Waals surface area contributed by atoms with Crippen LogP contribution in [-0.4, -0.2) is 18.1 Å². The van der Waals surface area contributed by atoms with Gasteiger partial charge in [0.1, 0.15) is 0 Å². The van der Waals surface area contributed by atoms with Gasteiger partial charge in [0.05, 0.1) is 12.0 Å². The molecule has 0 saturated carbocycles. The number of nitrogens with zero attached hydrogens (tertiary/aromatic N) is 3. The lowest BCUT2D eigenvalue weighted by Crippen LogP contribution is -2.27. The first-order valence-corrected chi connectivity index (χ1v) is 6.44. The molecule has 0 fully saturated rings. The molecule has 98 valence electrons. The molecule has 0 aliphatic carbocycles. The third-order valence-corrected chi connectivity index (χ3v) is 3.27. The Morgan fingerprint density at radius 1 is 1.37 bits per heavy atom. The number of pyridine rings is 1. The van der Waals surface area contributed by atoms with Crippen LogP contribution in [0.1, 0.15) is 13.8 Å². The highest BCUT2D eigenvalue weighted by Gasteiger charge is 2.13. The van der Waals surface area contributed by atoms with Gasteiger partial charge in [0, 0.05) is 47.6 Å². The summed E-state index contributed by atoms with van der Waals surface area (Å²) in [6, 6.07) is 8.12. The van der Waals surface area contributed by atoms with Crippen LogP contribution < -0.4 is 10.6 Å². The van der Waals surface area contributed by atoms with Crippen LogP contribution in [0, 0.1) is 17.2 Å². The van der Waals surface area contributed by atoms with E-state index in [0.29, 0.717) is 6.54 Å². The van der Waals surface area contributed by atoms with Gasteiger partial charge in [-0.25, -0.2) is 0 Å². The largest absolute Gasteiger partial charge is 0.398 e. The summed E-state index contributed by atoms with van der Waals surface area (Å²) in [7, 11) is 0. The first kappa shape index (κ1) is 13.2. The molecule has 1 aromatic heterocycles. The number of anilines is 2. The Bertz CT molecular complexity index is 615. The van der Waals surface area contributed by atoms with Crippen molar-refractivity contribution in [3.8, 4) is 6.07 Å². The maximum Gasteiger partial charge on any atom is 0.0671 e. The van der Waals surface area contributed by atoms with Crippen molar-refractivity contribution in [2.24, 2.45) is 5.92 Å². The number of nitrogen functional groups attached to an aromatic ring is 1. The standard InChI is InChI=1S/C15H18N4/c1-3-19(10-11(2)8-16)15-5-4-14(17)12-6-7-18-9-13(12)15/h4-7,9,11H,3,10,17H2,1-2H3. The SMILES string of the molecule is CCN(CC(C)C#N)c1ccc(N)c2ccncc12. The van der Waals surface area contributed by atoms with E-state index >= 15 is 0 Å². The highest BCUT2D eigenvalue weighted by atomic mass is 15.1. The second-order valence-corrected chi connectivity index (χ2v) is 4.66. The van der Waals surface area contributed by atoms with E-state index in [4.69, 9.17) is 11.0 Å². The molecule has 19 heavy (non-hydrogen) atoms. The molecule has 4 nitrogen and oxygen atoms in total. The smallest absolute Gasteiger partial charge is 0.0671 e. The average Bonchev–Trinajstić information content (AvgIpc) is 2.45. The maximum atomic E-state index is 8.97. The first-order chi connectivity index (χ1) is 9.17. The van der Waals surface area contributed by atoms with Crippen molar-refractivity contribution >= 4 is 22.1 Å². The van der Waals surface area contributed by atoms with Gasteiger partial charge in [-0.3, -0.25) is 4.98 Å². The van der Waals surface area contributed by atoms with Gasteiger partial charge < -0.3 is 10.6 Å². The van der Waals surface area contributed by atoms with Crippen LogP contribution in [0.2, 0.25) is 0 Å². The quantitative estimate of drug-likeness (QED) is 0.852. The van der Waals surface area contributed by atoms with E-state index in [9.17, 15) is 0 Å². The molecule has 0 amide bonds. The summed E-state index contributed by atoms with van der Waals surface area (Å²) in [4.78, 5) is 6.38. The Balaban J connectivity index is 2.49. The van der Waals surface area contributed by atoms with Crippen molar-refractivity contribution < 1.29 is 0 Å². The molecule has 0 spiro atoms. The summed E-state index contributed by atoms with van der Waals surface area (Å²) in [5.74, 6) is -0.00998. The number of rotatable bonds is 4. The molecule has 0 aliphatic rings. The molecule has 4 heteroatoms. The van der Waals surface area contributed by atoms with Gasteiger partial charge in [0.15, 0.2) is 0 Å². The lowest BCUT2D eigenvalue weighted by molar-refractivity contribution is 0.688. The normalized spacial score (nSPS) is 12.1. The lowest BCUT2D eigenvalue weighted by atomic mass is 10.1. The van der Waals surface area contributed by atoms with E-state index < -0.39 is 0 Å². The van der Waals surface area contributed by atoms with Gasteiger partial charge in [0.25, 0.3) is 0 Å². The Kier molecular flexibility index (Phi) is 3.86. The zero-order chi connectivity index (χ0) is 13.8. The van der Waals surface area contributed by atoms with Gasteiger partial charge in [-0.05, 0) is 32.0 Å². The number of hydrogen-bond donors (Lipinski definition) is 1. The van der Waals surface area contributed by atoms with Gasteiger partial charge in [-0.15, -0.1) is 0 Å². The molecule has 0 radical (unpaired) electrons. The summed E-state index contributed by atoms with van der Waals surface area (Å²) in [5, 5.41) is 11.0. The average molecular weight is 254 g/mol. The minimum atomic E-state index is -0.00998. The molecule has 2 rings (SSSR count). The van der Waals surface area contributed by atoms with E-state index in [2.05, 4.69) is 22.9 Å². The highest BCUT2D eigenvalue weighted by Crippen LogP contribution is 2.30. The van der Waals surface area contributed by atoms with E-state index in [-0.39, 0.29) is 5.92 Å². The molecule has 0 bridgehead atoms. The lowest BCUT2D eigenvalue weighted by Gasteiger charge is -2.25. The number of nitrogens with two attached hydrogens (primary N) is 1. The van der Waals surface area contributed by atoms with Crippen LogP contribution >= 0.6 is 0 Å². The molecule has 1 unspecified atom stereocenters. The molecule has 0 saturated heterocycles. The minimum Gasteiger partial charge on any atom is -0.398 e. The number of benzene rings is 1. The Hall–Kier alpha value is -2.28. The summed E-state index contributed by atoms with van der Waals surface area (Å²) in [6.45, 7) is 5.57. The molecular formula is C15H18N4. The fraction of sp³-hybridized carbons (Fsp3) is 0.333. The Labute approximate surface area is 113 Å². The Morgan fingerprint density at radius 2 is 2.16 bits per heavy atom. The molecule has 1 heterocycles. The van der Waals surface area contributed by atoms with Crippen molar-refractivity contribution in [3.05, 3.63) is 30.6 Å². The summed E-state index contributed by atoms with van der Waals surface area (Å²) < 4.78 is 0. The zero-order valence-electron chi connectivity index (χ0n) is 11.3. The minimum absolute atomic E-state index is 0.00998. The zero-order valence-corrected chi connectivity index (χ0v) is 11.3. The van der Waals surface area contributed by atoms with Crippen molar-refractivity contribution in [2.45, 2.75) is 13.8 Å². The van der Waals surface area contributed by atoms with Crippen LogP contribution in [0.25, 0.3) is 10.8 Å². The van der Waals surface area contributed by atoms with Crippen molar-refractivity contribution in [2.75, 3.05) is 23.7 Å². The predicted molar refractivity (Wildman–Crippen MR) is 78.8 cm³/mol. The Morgan fingerprint density at radius 3 is 2.84 bits per heavy atom. The van der Waals surface area contributed by atoms with Gasteiger partial charge in [0.2, 0.25) is 0 Å².